The van der Waals surface area contributed by atoms with Crippen LogP contribution in [0.3, 0.4) is 0 Å². The molecule has 3 aromatic rings. The SMILES string of the molecule is Cc1cccc(C)c1NC(=O)CN1CCN(C(=O)c2cc(=O)n(C)c3ccccc23)CC1. The molecular weight excluding hydrogens is 404 g/mol. The summed E-state index contributed by atoms with van der Waals surface area (Å²) in [5.41, 5.74) is 3.91. The first kappa shape index (κ1) is 21.8. The standard InChI is InChI=1S/C25H28N4O3/c1-17-7-6-8-18(2)24(17)26-22(30)16-28-11-13-29(14-12-28)25(32)20-15-23(31)27(3)21-10-5-4-9-19(20)21/h4-10,15H,11-14,16H2,1-3H3,(H,26,30). The van der Waals surface area contributed by atoms with E-state index in [1.165, 1.54) is 6.07 Å². The first-order valence-electron chi connectivity index (χ1n) is 10.8. The number of hydrogen-bond donors (Lipinski definition) is 1. The number of para-hydroxylation sites is 2. The van der Waals surface area contributed by atoms with Gasteiger partial charge in [0.2, 0.25) is 5.91 Å². The number of carbonyl (C=O) groups is 2. The fourth-order valence-electron chi connectivity index (χ4n) is 4.26. The number of hydrogen-bond acceptors (Lipinski definition) is 4. The Morgan fingerprint density at radius 3 is 2.28 bits per heavy atom. The zero-order chi connectivity index (χ0) is 22.8. The van der Waals surface area contributed by atoms with Crippen LogP contribution >= 0.6 is 0 Å². The van der Waals surface area contributed by atoms with Gasteiger partial charge in [0.1, 0.15) is 0 Å². The summed E-state index contributed by atoms with van der Waals surface area (Å²) < 4.78 is 1.55. The summed E-state index contributed by atoms with van der Waals surface area (Å²) in [7, 11) is 1.71. The maximum atomic E-state index is 13.2. The normalized spacial score (nSPS) is 14.5. The Morgan fingerprint density at radius 1 is 0.938 bits per heavy atom. The lowest BCUT2D eigenvalue weighted by molar-refractivity contribution is -0.117. The number of nitrogens with zero attached hydrogens (tertiary/aromatic N) is 3. The van der Waals surface area contributed by atoms with Gasteiger partial charge in [0.25, 0.3) is 11.5 Å². The Morgan fingerprint density at radius 2 is 1.59 bits per heavy atom. The Bertz CT molecular complexity index is 1220. The Hall–Kier alpha value is -3.45. The van der Waals surface area contributed by atoms with E-state index >= 15 is 0 Å². The molecule has 166 valence electrons. The van der Waals surface area contributed by atoms with Gasteiger partial charge in [-0.3, -0.25) is 19.3 Å². The van der Waals surface area contributed by atoms with Crippen molar-refractivity contribution in [1.29, 1.82) is 0 Å². The second-order valence-corrected chi connectivity index (χ2v) is 8.36. The molecule has 7 nitrogen and oxygen atoms in total. The van der Waals surface area contributed by atoms with Crippen LogP contribution in [-0.2, 0) is 11.8 Å². The van der Waals surface area contributed by atoms with E-state index in [0.29, 0.717) is 31.7 Å². The number of rotatable bonds is 4. The van der Waals surface area contributed by atoms with Crippen LogP contribution in [0.25, 0.3) is 10.9 Å². The molecule has 1 saturated heterocycles. The van der Waals surface area contributed by atoms with Gasteiger partial charge < -0.3 is 14.8 Å². The minimum absolute atomic E-state index is 0.0558. The van der Waals surface area contributed by atoms with E-state index in [4.69, 9.17) is 0 Å². The number of aromatic nitrogens is 1. The third-order valence-corrected chi connectivity index (χ3v) is 6.16. The van der Waals surface area contributed by atoms with Gasteiger partial charge in [-0.05, 0) is 31.0 Å². The lowest BCUT2D eigenvalue weighted by atomic mass is 10.1. The molecule has 7 heteroatoms. The molecule has 0 aliphatic carbocycles. The van der Waals surface area contributed by atoms with Crippen molar-refractivity contribution in [3.05, 3.63) is 75.6 Å². The Balaban J connectivity index is 1.41. The molecule has 1 N–H and O–H groups in total. The highest BCUT2D eigenvalue weighted by atomic mass is 16.2. The number of pyridine rings is 1. The molecule has 0 spiro atoms. The van der Waals surface area contributed by atoms with E-state index in [0.717, 1.165) is 27.7 Å². The fraction of sp³-hybridized carbons (Fsp3) is 0.320. The van der Waals surface area contributed by atoms with Gasteiger partial charge in [-0.1, -0.05) is 36.4 Å². The van der Waals surface area contributed by atoms with E-state index < -0.39 is 0 Å². The third kappa shape index (κ3) is 4.29. The summed E-state index contributed by atoms with van der Waals surface area (Å²) in [5.74, 6) is -0.196. The molecule has 1 aromatic heterocycles. The van der Waals surface area contributed by atoms with Gasteiger partial charge in [0.05, 0.1) is 17.6 Å². The molecule has 0 unspecified atom stereocenters. The van der Waals surface area contributed by atoms with Crippen molar-refractivity contribution in [2.75, 3.05) is 38.0 Å². The molecule has 2 aromatic carbocycles. The van der Waals surface area contributed by atoms with Crippen LogP contribution in [-0.4, -0.2) is 58.9 Å². The van der Waals surface area contributed by atoms with Crippen molar-refractivity contribution >= 4 is 28.4 Å². The molecule has 1 fully saturated rings. The van der Waals surface area contributed by atoms with E-state index in [9.17, 15) is 14.4 Å². The number of anilines is 1. The molecule has 2 heterocycles. The van der Waals surface area contributed by atoms with Crippen molar-refractivity contribution in [3.8, 4) is 0 Å². The largest absolute Gasteiger partial charge is 0.336 e. The van der Waals surface area contributed by atoms with E-state index in [2.05, 4.69) is 10.2 Å². The number of nitrogens with one attached hydrogen (secondary N) is 1. The van der Waals surface area contributed by atoms with Crippen molar-refractivity contribution in [2.24, 2.45) is 7.05 Å². The molecule has 0 radical (unpaired) electrons. The smallest absolute Gasteiger partial charge is 0.254 e. The first-order valence-corrected chi connectivity index (χ1v) is 10.8. The number of amides is 2. The van der Waals surface area contributed by atoms with E-state index in [-0.39, 0.29) is 23.9 Å². The van der Waals surface area contributed by atoms with Gasteiger partial charge in [0, 0.05) is 50.4 Å². The van der Waals surface area contributed by atoms with Crippen LogP contribution in [0.5, 0.6) is 0 Å². The van der Waals surface area contributed by atoms with Crippen LogP contribution in [0.15, 0.2) is 53.3 Å². The Labute approximate surface area is 187 Å². The molecule has 32 heavy (non-hydrogen) atoms. The quantitative estimate of drug-likeness (QED) is 0.688. The fourth-order valence-corrected chi connectivity index (χ4v) is 4.26. The highest BCUT2D eigenvalue weighted by Crippen LogP contribution is 2.20. The Kier molecular flexibility index (Phi) is 6.10. The molecule has 4 rings (SSSR count). The highest BCUT2D eigenvalue weighted by Gasteiger charge is 2.25. The third-order valence-electron chi connectivity index (χ3n) is 6.16. The maximum Gasteiger partial charge on any atom is 0.254 e. The van der Waals surface area contributed by atoms with Crippen molar-refractivity contribution in [2.45, 2.75) is 13.8 Å². The van der Waals surface area contributed by atoms with Crippen LogP contribution in [0.1, 0.15) is 21.5 Å². The number of piperazine rings is 1. The van der Waals surface area contributed by atoms with Crippen molar-refractivity contribution in [3.63, 3.8) is 0 Å². The van der Waals surface area contributed by atoms with E-state index in [1.807, 2.05) is 56.3 Å². The summed E-state index contributed by atoms with van der Waals surface area (Å²) in [6.07, 6.45) is 0. The highest BCUT2D eigenvalue weighted by molar-refractivity contribution is 6.06. The van der Waals surface area contributed by atoms with Crippen molar-refractivity contribution in [1.82, 2.24) is 14.4 Å². The van der Waals surface area contributed by atoms with Gasteiger partial charge in [0.15, 0.2) is 0 Å². The van der Waals surface area contributed by atoms with Gasteiger partial charge in [-0.25, -0.2) is 0 Å². The summed E-state index contributed by atoms with van der Waals surface area (Å²) in [6, 6.07) is 14.8. The lowest BCUT2D eigenvalue weighted by Crippen LogP contribution is -2.50. The summed E-state index contributed by atoms with van der Waals surface area (Å²) >= 11 is 0. The molecule has 0 atom stereocenters. The molecular formula is C25H28N4O3. The molecule has 1 aliphatic heterocycles. The number of fused-ring (bicyclic) bond motifs is 1. The molecule has 1 aliphatic rings. The topological polar surface area (TPSA) is 74.7 Å². The minimum atomic E-state index is -0.200. The maximum absolute atomic E-state index is 13.2. The molecule has 2 amide bonds. The van der Waals surface area contributed by atoms with Crippen LogP contribution in [0, 0.1) is 13.8 Å². The summed E-state index contributed by atoms with van der Waals surface area (Å²) in [4.78, 5) is 41.9. The zero-order valence-corrected chi connectivity index (χ0v) is 18.7. The van der Waals surface area contributed by atoms with Gasteiger partial charge in [-0.15, -0.1) is 0 Å². The van der Waals surface area contributed by atoms with Crippen LogP contribution in [0.4, 0.5) is 5.69 Å². The first-order chi connectivity index (χ1) is 15.3. The predicted octanol–water partition coefficient (Wildman–Crippen LogP) is 2.55. The monoisotopic (exact) mass is 432 g/mol. The van der Waals surface area contributed by atoms with Gasteiger partial charge >= 0.3 is 0 Å². The average Bonchev–Trinajstić information content (AvgIpc) is 2.79. The minimum Gasteiger partial charge on any atom is -0.336 e. The van der Waals surface area contributed by atoms with Crippen molar-refractivity contribution < 1.29 is 9.59 Å². The number of benzene rings is 2. The summed E-state index contributed by atoms with van der Waals surface area (Å²) in [5, 5.41) is 3.79. The number of carbonyl (C=O) groups excluding carboxylic acids is 2. The predicted molar refractivity (Wildman–Crippen MR) is 126 cm³/mol. The summed E-state index contributed by atoms with van der Waals surface area (Å²) in [6.45, 7) is 6.48. The van der Waals surface area contributed by atoms with Gasteiger partial charge in [-0.2, -0.15) is 0 Å². The zero-order valence-electron chi connectivity index (χ0n) is 18.7. The second-order valence-electron chi connectivity index (χ2n) is 8.36. The second kappa shape index (κ2) is 8.96. The molecule has 0 saturated carbocycles. The van der Waals surface area contributed by atoms with Crippen LogP contribution < -0.4 is 10.9 Å². The molecule has 0 bridgehead atoms. The van der Waals surface area contributed by atoms with E-state index in [1.54, 1.807) is 16.5 Å². The number of aryl methyl sites for hydroxylation is 3. The average molecular weight is 433 g/mol. The van der Waals surface area contributed by atoms with Crippen LogP contribution in [0.2, 0.25) is 0 Å². The lowest BCUT2D eigenvalue weighted by Gasteiger charge is -2.34.